The van der Waals surface area contributed by atoms with Crippen LogP contribution in [0, 0.1) is 5.82 Å². The van der Waals surface area contributed by atoms with E-state index in [-0.39, 0.29) is 11.6 Å². The van der Waals surface area contributed by atoms with E-state index in [1.807, 2.05) is 30.3 Å². The van der Waals surface area contributed by atoms with Crippen molar-refractivity contribution in [1.82, 2.24) is 0 Å². The highest BCUT2D eigenvalue weighted by atomic mass is 35.5. The van der Waals surface area contributed by atoms with Gasteiger partial charge in [0.15, 0.2) is 0 Å². The smallest absolute Gasteiger partial charge is 0.143 e. The highest BCUT2D eigenvalue weighted by Crippen LogP contribution is 2.26. The third-order valence-corrected chi connectivity index (χ3v) is 3.05. The SMILES string of the molecule is Nc1cc(Cl)c(F)cc1NCC(O)c1ccccc1. The molecule has 0 aliphatic heterocycles. The van der Waals surface area contributed by atoms with Gasteiger partial charge >= 0.3 is 0 Å². The van der Waals surface area contributed by atoms with Gasteiger partial charge in [0.05, 0.1) is 22.5 Å². The molecule has 2 aromatic carbocycles. The van der Waals surface area contributed by atoms with Crippen molar-refractivity contribution in [2.75, 3.05) is 17.6 Å². The van der Waals surface area contributed by atoms with Gasteiger partial charge in [0, 0.05) is 12.6 Å². The maximum absolute atomic E-state index is 13.3. The summed E-state index contributed by atoms with van der Waals surface area (Å²) in [6.07, 6.45) is -0.695. The Morgan fingerprint density at radius 2 is 1.95 bits per heavy atom. The summed E-state index contributed by atoms with van der Waals surface area (Å²) in [7, 11) is 0. The van der Waals surface area contributed by atoms with Crippen molar-refractivity contribution in [3.63, 3.8) is 0 Å². The largest absolute Gasteiger partial charge is 0.397 e. The summed E-state index contributed by atoms with van der Waals surface area (Å²) < 4.78 is 13.3. The summed E-state index contributed by atoms with van der Waals surface area (Å²) in [5.41, 5.74) is 7.25. The van der Waals surface area contributed by atoms with Crippen LogP contribution in [0.2, 0.25) is 5.02 Å². The van der Waals surface area contributed by atoms with Crippen molar-refractivity contribution in [3.05, 3.63) is 58.9 Å². The fourth-order valence-electron chi connectivity index (χ4n) is 1.71. The Bertz CT molecular complexity index is 563. The Kier molecular flexibility index (Phi) is 4.24. The molecule has 0 saturated carbocycles. The number of aliphatic hydroxyl groups excluding tert-OH is 1. The Labute approximate surface area is 115 Å². The van der Waals surface area contributed by atoms with Crippen LogP contribution < -0.4 is 11.1 Å². The first-order valence-electron chi connectivity index (χ1n) is 5.79. The first kappa shape index (κ1) is 13.6. The minimum Gasteiger partial charge on any atom is -0.397 e. The van der Waals surface area contributed by atoms with E-state index in [0.717, 1.165) is 5.56 Å². The van der Waals surface area contributed by atoms with E-state index < -0.39 is 11.9 Å². The lowest BCUT2D eigenvalue weighted by atomic mass is 10.1. The Balaban J connectivity index is 2.05. The van der Waals surface area contributed by atoms with Crippen molar-refractivity contribution in [1.29, 1.82) is 0 Å². The predicted molar refractivity (Wildman–Crippen MR) is 75.7 cm³/mol. The van der Waals surface area contributed by atoms with Gasteiger partial charge < -0.3 is 16.2 Å². The van der Waals surface area contributed by atoms with Gasteiger partial charge in [-0.2, -0.15) is 0 Å². The molecule has 4 N–H and O–H groups in total. The molecule has 0 amide bonds. The quantitative estimate of drug-likeness (QED) is 0.754. The molecule has 1 unspecified atom stereocenters. The van der Waals surface area contributed by atoms with E-state index in [0.29, 0.717) is 11.4 Å². The number of halogens is 2. The number of hydrogen-bond donors (Lipinski definition) is 3. The average molecular weight is 281 g/mol. The van der Waals surface area contributed by atoms with Crippen molar-refractivity contribution >= 4 is 23.0 Å². The molecule has 0 aliphatic rings. The number of aliphatic hydroxyl groups is 1. The number of nitrogens with two attached hydrogens (primary N) is 1. The van der Waals surface area contributed by atoms with E-state index in [2.05, 4.69) is 5.32 Å². The van der Waals surface area contributed by atoms with Crippen LogP contribution >= 0.6 is 11.6 Å². The molecule has 3 nitrogen and oxygen atoms in total. The fraction of sp³-hybridized carbons (Fsp3) is 0.143. The lowest BCUT2D eigenvalue weighted by Crippen LogP contribution is -2.13. The van der Waals surface area contributed by atoms with E-state index in [1.54, 1.807) is 0 Å². The Hall–Kier alpha value is -1.78. The van der Waals surface area contributed by atoms with Crippen LogP contribution in [-0.2, 0) is 0 Å². The summed E-state index contributed by atoms with van der Waals surface area (Å²) in [5.74, 6) is -0.549. The standard InChI is InChI=1S/C14H14ClFN2O/c15-10-6-12(17)13(7-11(10)16)18-8-14(19)9-4-2-1-3-5-9/h1-7,14,18-19H,8,17H2. The molecule has 19 heavy (non-hydrogen) atoms. The van der Waals surface area contributed by atoms with Crippen molar-refractivity contribution in [2.45, 2.75) is 6.10 Å². The minimum atomic E-state index is -0.695. The Morgan fingerprint density at radius 3 is 2.63 bits per heavy atom. The van der Waals surface area contributed by atoms with E-state index in [4.69, 9.17) is 17.3 Å². The lowest BCUT2D eigenvalue weighted by molar-refractivity contribution is 0.191. The van der Waals surface area contributed by atoms with Crippen molar-refractivity contribution in [2.24, 2.45) is 0 Å². The van der Waals surface area contributed by atoms with Crippen molar-refractivity contribution < 1.29 is 9.50 Å². The van der Waals surface area contributed by atoms with Gasteiger partial charge in [-0.15, -0.1) is 0 Å². The normalized spacial score (nSPS) is 12.2. The highest BCUT2D eigenvalue weighted by Gasteiger charge is 2.09. The number of benzene rings is 2. The van der Waals surface area contributed by atoms with Crippen LogP contribution in [0.1, 0.15) is 11.7 Å². The van der Waals surface area contributed by atoms with Gasteiger partial charge in [-0.05, 0) is 11.6 Å². The molecule has 0 aromatic heterocycles. The first-order valence-corrected chi connectivity index (χ1v) is 6.17. The monoisotopic (exact) mass is 280 g/mol. The van der Waals surface area contributed by atoms with Crippen LogP contribution in [0.25, 0.3) is 0 Å². The van der Waals surface area contributed by atoms with Gasteiger partial charge in [-0.1, -0.05) is 41.9 Å². The predicted octanol–water partition coefficient (Wildman–Crippen LogP) is 3.21. The zero-order chi connectivity index (χ0) is 13.8. The molecule has 100 valence electrons. The fourth-order valence-corrected chi connectivity index (χ4v) is 1.89. The third kappa shape index (κ3) is 3.36. The Morgan fingerprint density at radius 1 is 1.26 bits per heavy atom. The summed E-state index contributed by atoms with van der Waals surface area (Å²) in [6.45, 7) is 0.231. The topological polar surface area (TPSA) is 58.3 Å². The number of rotatable bonds is 4. The molecule has 2 aromatic rings. The molecule has 0 heterocycles. The number of nitrogens with one attached hydrogen (secondary N) is 1. The maximum Gasteiger partial charge on any atom is 0.143 e. The molecule has 5 heteroatoms. The van der Waals surface area contributed by atoms with Crippen LogP contribution in [0.4, 0.5) is 15.8 Å². The second-order valence-electron chi connectivity index (χ2n) is 4.16. The average Bonchev–Trinajstić information content (AvgIpc) is 2.42. The summed E-state index contributed by atoms with van der Waals surface area (Å²) >= 11 is 5.61. The highest BCUT2D eigenvalue weighted by molar-refractivity contribution is 6.31. The van der Waals surface area contributed by atoms with E-state index >= 15 is 0 Å². The zero-order valence-corrected chi connectivity index (χ0v) is 10.9. The van der Waals surface area contributed by atoms with Crippen LogP contribution in [-0.4, -0.2) is 11.7 Å². The van der Waals surface area contributed by atoms with Crippen LogP contribution in [0.15, 0.2) is 42.5 Å². The molecule has 1 atom stereocenters. The lowest BCUT2D eigenvalue weighted by Gasteiger charge is -2.15. The van der Waals surface area contributed by atoms with Gasteiger partial charge in [0.2, 0.25) is 0 Å². The van der Waals surface area contributed by atoms with Crippen LogP contribution in [0.3, 0.4) is 0 Å². The van der Waals surface area contributed by atoms with Gasteiger partial charge in [-0.25, -0.2) is 4.39 Å². The molecular weight excluding hydrogens is 267 g/mol. The first-order chi connectivity index (χ1) is 9.08. The molecule has 2 rings (SSSR count). The number of anilines is 2. The van der Waals surface area contributed by atoms with E-state index in [9.17, 15) is 9.50 Å². The van der Waals surface area contributed by atoms with Gasteiger partial charge in [0.1, 0.15) is 5.82 Å². The molecule has 0 saturated heterocycles. The van der Waals surface area contributed by atoms with Crippen LogP contribution in [0.5, 0.6) is 0 Å². The third-order valence-electron chi connectivity index (χ3n) is 2.76. The molecule has 0 bridgehead atoms. The molecular formula is C14H14ClFN2O. The number of nitrogen functional groups attached to an aromatic ring is 1. The maximum atomic E-state index is 13.3. The minimum absolute atomic E-state index is 0.0216. The molecule has 0 aliphatic carbocycles. The van der Waals surface area contributed by atoms with Gasteiger partial charge in [0.25, 0.3) is 0 Å². The molecule has 0 spiro atoms. The molecule has 0 radical (unpaired) electrons. The zero-order valence-electron chi connectivity index (χ0n) is 10.1. The number of hydrogen-bond acceptors (Lipinski definition) is 3. The summed E-state index contributed by atoms with van der Waals surface area (Å²) in [5, 5.41) is 12.9. The van der Waals surface area contributed by atoms with Gasteiger partial charge in [-0.3, -0.25) is 0 Å². The second-order valence-corrected chi connectivity index (χ2v) is 4.57. The summed E-state index contributed by atoms with van der Waals surface area (Å²) in [4.78, 5) is 0. The van der Waals surface area contributed by atoms with Crippen molar-refractivity contribution in [3.8, 4) is 0 Å². The molecule has 0 fully saturated rings. The van der Waals surface area contributed by atoms with E-state index in [1.165, 1.54) is 12.1 Å². The summed E-state index contributed by atoms with van der Waals surface area (Å²) in [6, 6.07) is 11.7. The second kappa shape index (κ2) is 5.91.